The van der Waals surface area contributed by atoms with E-state index in [1.54, 1.807) is 30.3 Å². The fourth-order valence-corrected chi connectivity index (χ4v) is 5.00. The van der Waals surface area contributed by atoms with Crippen LogP contribution in [-0.2, 0) is 16.1 Å². The van der Waals surface area contributed by atoms with Crippen LogP contribution in [0.15, 0.2) is 82.2 Å². The van der Waals surface area contributed by atoms with Crippen molar-refractivity contribution in [1.29, 1.82) is 0 Å². The Morgan fingerprint density at radius 3 is 2.53 bits per heavy atom. The Hall–Kier alpha value is -3.36. The summed E-state index contributed by atoms with van der Waals surface area (Å²) in [7, 11) is 0. The van der Waals surface area contributed by atoms with Crippen LogP contribution in [0, 0.1) is 0 Å². The van der Waals surface area contributed by atoms with E-state index in [1.165, 1.54) is 4.90 Å². The zero-order chi connectivity index (χ0) is 25.7. The van der Waals surface area contributed by atoms with Crippen LogP contribution in [0.4, 0.5) is 10.5 Å². The molecule has 8 heteroatoms. The van der Waals surface area contributed by atoms with Crippen LogP contribution in [0.1, 0.15) is 36.5 Å². The van der Waals surface area contributed by atoms with Gasteiger partial charge in [-0.25, -0.2) is 0 Å². The van der Waals surface area contributed by atoms with Gasteiger partial charge in [-0.15, -0.1) is 0 Å². The van der Waals surface area contributed by atoms with Gasteiger partial charge in [0.15, 0.2) is 6.61 Å². The van der Waals surface area contributed by atoms with E-state index in [0.717, 1.165) is 38.6 Å². The van der Waals surface area contributed by atoms with Gasteiger partial charge in [-0.05, 0) is 70.8 Å². The summed E-state index contributed by atoms with van der Waals surface area (Å²) < 4.78 is 6.52. The minimum atomic E-state index is -0.316. The molecular formula is C28H25BrN2O4S. The Labute approximate surface area is 222 Å². The molecule has 36 heavy (non-hydrogen) atoms. The van der Waals surface area contributed by atoms with Crippen molar-refractivity contribution in [3.8, 4) is 5.75 Å². The first kappa shape index (κ1) is 25.7. The molecule has 1 fully saturated rings. The van der Waals surface area contributed by atoms with Gasteiger partial charge in [0.2, 0.25) is 0 Å². The van der Waals surface area contributed by atoms with Crippen molar-refractivity contribution in [1.82, 2.24) is 4.90 Å². The van der Waals surface area contributed by atoms with Gasteiger partial charge in [0, 0.05) is 10.2 Å². The Morgan fingerprint density at radius 1 is 1.06 bits per heavy atom. The van der Waals surface area contributed by atoms with Crippen molar-refractivity contribution in [2.75, 3.05) is 11.9 Å². The van der Waals surface area contributed by atoms with Gasteiger partial charge in [-0.1, -0.05) is 72.2 Å². The highest BCUT2D eigenvalue weighted by molar-refractivity contribution is 9.10. The molecule has 0 saturated carbocycles. The van der Waals surface area contributed by atoms with Crippen LogP contribution in [0.3, 0.4) is 0 Å². The first-order valence-corrected chi connectivity index (χ1v) is 13.0. The molecule has 3 aromatic rings. The molecule has 0 aliphatic carbocycles. The number of thioether (sulfide) groups is 1. The van der Waals surface area contributed by atoms with Crippen molar-refractivity contribution in [3.05, 3.63) is 98.9 Å². The molecule has 4 rings (SSSR count). The number of halogens is 1. The molecular weight excluding hydrogens is 540 g/mol. The van der Waals surface area contributed by atoms with Gasteiger partial charge < -0.3 is 10.1 Å². The van der Waals surface area contributed by atoms with Gasteiger partial charge in [0.25, 0.3) is 17.1 Å². The monoisotopic (exact) mass is 564 g/mol. The third-order valence-electron chi connectivity index (χ3n) is 5.51. The number of hydrogen-bond donors (Lipinski definition) is 1. The summed E-state index contributed by atoms with van der Waals surface area (Å²) in [6.45, 7) is 4.25. The van der Waals surface area contributed by atoms with E-state index in [2.05, 4.69) is 35.1 Å². The van der Waals surface area contributed by atoms with Crippen LogP contribution in [0.5, 0.6) is 5.75 Å². The zero-order valence-corrected chi connectivity index (χ0v) is 22.3. The lowest BCUT2D eigenvalue weighted by atomic mass is 10.0. The van der Waals surface area contributed by atoms with Crippen LogP contribution in [-0.4, -0.2) is 28.6 Å². The van der Waals surface area contributed by atoms with Crippen molar-refractivity contribution < 1.29 is 19.1 Å². The minimum absolute atomic E-state index is 0.125. The lowest BCUT2D eigenvalue weighted by molar-refractivity contribution is -0.123. The number of nitrogens with zero attached hydrogens (tertiary/aromatic N) is 1. The van der Waals surface area contributed by atoms with Gasteiger partial charge in [0.05, 0.1) is 11.4 Å². The van der Waals surface area contributed by atoms with Crippen molar-refractivity contribution in [3.63, 3.8) is 0 Å². The molecule has 1 heterocycles. The normalized spacial score (nSPS) is 14.6. The molecule has 184 valence electrons. The number of carbonyl (C=O) groups is 3. The van der Waals surface area contributed by atoms with Gasteiger partial charge in [0.1, 0.15) is 5.75 Å². The molecule has 6 nitrogen and oxygen atoms in total. The molecule has 1 aliphatic rings. The first-order valence-electron chi connectivity index (χ1n) is 11.4. The molecule has 0 radical (unpaired) electrons. The van der Waals surface area contributed by atoms with Crippen LogP contribution in [0.2, 0.25) is 0 Å². The molecule has 3 aromatic carbocycles. The highest BCUT2D eigenvalue weighted by atomic mass is 79.9. The summed E-state index contributed by atoms with van der Waals surface area (Å²) in [6, 6.07) is 22.2. The maximum Gasteiger partial charge on any atom is 0.293 e. The summed E-state index contributed by atoms with van der Waals surface area (Å²) >= 11 is 4.33. The summed E-state index contributed by atoms with van der Waals surface area (Å²) in [6.07, 6.45) is 1.69. The highest BCUT2D eigenvalue weighted by Crippen LogP contribution is 2.33. The number of rotatable bonds is 8. The van der Waals surface area contributed by atoms with E-state index in [1.807, 2.05) is 48.5 Å². The number of anilines is 1. The smallest absolute Gasteiger partial charge is 0.293 e. The molecule has 1 aliphatic heterocycles. The Kier molecular flexibility index (Phi) is 8.28. The Bertz CT molecular complexity index is 1320. The number of carbonyl (C=O) groups excluding carboxylic acids is 3. The summed E-state index contributed by atoms with van der Waals surface area (Å²) in [4.78, 5) is 39.2. The second-order valence-electron chi connectivity index (χ2n) is 8.55. The molecule has 0 spiro atoms. The quantitative estimate of drug-likeness (QED) is 0.303. The predicted molar refractivity (Wildman–Crippen MR) is 147 cm³/mol. The van der Waals surface area contributed by atoms with E-state index in [9.17, 15) is 14.4 Å². The first-order chi connectivity index (χ1) is 17.3. The predicted octanol–water partition coefficient (Wildman–Crippen LogP) is 6.83. The van der Waals surface area contributed by atoms with Crippen molar-refractivity contribution >= 4 is 56.5 Å². The summed E-state index contributed by atoms with van der Waals surface area (Å²) in [5.41, 5.74) is 3.47. The molecule has 0 bridgehead atoms. The average Bonchev–Trinajstić information content (AvgIpc) is 3.11. The van der Waals surface area contributed by atoms with E-state index < -0.39 is 0 Å². The topological polar surface area (TPSA) is 75.7 Å². The van der Waals surface area contributed by atoms with E-state index >= 15 is 0 Å². The van der Waals surface area contributed by atoms with Crippen molar-refractivity contribution in [2.24, 2.45) is 0 Å². The molecule has 1 N–H and O–H groups in total. The molecule has 0 unspecified atom stereocenters. The fraction of sp³-hybridized carbons (Fsp3) is 0.179. The largest absolute Gasteiger partial charge is 0.484 e. The lowest BCUT2D eigenvalue weighted by Gasteiger charge is -2.14. The van der Waals surface area contributed by atoms with Gasteiger partial charge in [-0.3, -0.25) is 19.3 Å². The van der Waals surface area contributed by atoms with E-state index in [0.29, 0.717) is 10.7 Å². The molecule has 0 atom stereocenters. The second-order valence-corrected chi connectivity index (χ2v) is 10.5. The van der Waals surface area contributed by atoms with Gasteiger partial charge in [-0.2, -0.15) is 0 Å². The van der Waals surface area contributed by atoms with E-state index in [-0.39, 0.29) is 36.1 Å². The Morgan fingerprint density at radius 2 is 1.81 bits per heavy atom. The van der Waals surface area contributed by atoms with Crippen molar-refractivity contribution in [2.45, 2.75) is 26.3 Å². The number of imide groups is 1. The zero-order valence-electron chi connectivity index (χ0n) is 19.9. The number of benzene rings is 3. The number of ether oxygens (including phenoxy) is 1. The number of amides is 3. The van der Waals surface area contributed by atoms with Crippen LogP contribution in [0.25, 0.3) is 6.08 Å². The van der Waals surface area contributed by atoms with Gasteiger partial charge >= 0.3 is 0 Å². The third-order valence-corrected chi connectivity index (χ3v) is 6.91. The number of nitrogens with one attached hydrogen (secondary N) is 1. The second kappa shape index (κ2) is 11.6. The average molecular weight is 565 g/mol. The van der Waals surface area contributed by atoms with E-state index in [4.69, 9.17) is 4.74 Å². The summed E-state index contributed by atoms with van der Waals surface area (Å²) in [5.74, 6) is 0.258. The lowest BCUT2D eigenvalue weighted by Crippen LogP contribution is -2.27. The molecule has 1 saturated heterocycles. The standard InChI is InChI=1S/C28H25BrN2O4S/c1-18(2)23-8-3-4-9-24(23)30-26(32)17-35-22-12-10-19(11-13-22)15-25-27(33)31(28(34)36-25)16-20-6-5-7-21(29)14-20/h3-15,18H,16-17H2,1-2H3,(H,30,32)/b25-15+. The highest BCUT2D eigenvalue weighted by Gasteiger charge is 2.35. The molecule has 0 aromatic heterocycles. The SMILES string of the molecule is CC(C)c1ccccc1NC(=O)COc1ccc(/C=C2/SC(=O)N(Cc3cccc(Br)c3)C2=O)cc1. The Balaban J connectivity index is 1.34. The van der Waals surface area contributed by atoms with Crippen LogP contribution < -0.4 is 10.1 Å². The fourth-order valence-electron chi connectivity index (χ4n) is 3.72. The van der Waals surface area contributed by atoms with Crippen LogP contribution >= 0.6 is 27.7 Å². The number of para-hydroxylation sites is 1. The maximum atomic E-state index is 12.8. The minimum Gasteiger partial charge on any atom is -0.484 e. The third kappa shape index (κ3) is 6.44. The maximum absolute atomic E-state index is 12.8. The summed E-state index contributed by atoms with van der Waals surface area (Å²) in [5, 5.41) is 2.61. The number of hydrogen-bond acceptors (Lipinski definition) is 5. The molecule has 3 amide bonds.